The highest BCUT2D eigenvalue weighted by atomic mass is 16.4. The summed E-state index contributed by atoms with van der Waals surface area (Å²) in [5.41, 5.74) is 2.34. The largest absolute Gasteiger partial charge is 0.477 e. The van der Waals surface area contributed by atoms with Gasteiger partial charge >= 0.3 is 5.97 Å². The fourth-order valence-electron chi connectivity index (χ4n) is 1.29. The molecular weight excluding hydrogens is 166 g/mol. The fraction of sp³-hybridized carbons (Fsp3) is 0.400. The topological polar surface area (TPSA) is 50.2 Å². The summed E-state index contributed by atoms with van der Waals surface area (Å²) in [4.78, 5) is 14.5. The number of aromatic carboxylic acids is 1. The van der Waals surface area contributed by atoms with Crippen molar-refractivity contribution < 1.29 is 9.90 Å². The van der Waals surface area contributed by atoms with Gasteiger partial charge in [-0.1, -0.05) is 13.8 Å². The first-order valence-corrected chi connectivity index (χ1v) is 4.40. The minimum atomic E-state index is -0.961. The van der Waals surface area contributed by atoms with Crippen LogP contribution in [0.2, 0.25) is 0 Å². The standard InChI is InChI=1S/C10H13NO2/c1-3-7-5-9(10(12)13)11-6-8(7)4-2/h5-6H,3-4H2,1-2H3,(H,12,13). The summed E-state index contributed by atoms with van der Waals surface area (Å²) >= 11 is 0. The van der Waals surface area contributed by atoms with Gasteiger partial charge in [-0.25, -0.2) is 9.78 Å². The number of hydrogen-bond donors (Lipinski definition) is 1. The van der Waals surface area contributed by atoms with Crippen LogP contribution in [0.15, 0.2) is 12.3 Å². The predicted octanol–water partition coefficient (Wildman–Crippen LogP) is 1.90. The van der Waals surface area contributed by atoms with Gasteiger partial charge in [0.25, 0.3) is 0 Å². The van der Waals surface area contributed by atoms with Crippen LogP contribution in [0, 0.1) is 0 Å². The number of aryl methyl sites for hydroxylation is 2. The van der Waals surface area contributed by atoms with Crippen molar-refractivity contribution in [3.63, 3.8) is 0 Å². The van der Waals surface area contributed by atoms with Gasteiger partial charge in [0.15, 0.2) is 0 Å². The Morgan fingerprint density at radius 2 is 2.00 bits per heavy atom. The van der Waals surface area contributed by atoms with Crippen molar-refractivity contribution in [3.05, 3.63) is 29.1 Å². The van der Waals surface area contributed by atoms with E-state index in [-0.39, 0.29) is 5.69 Å². The Morgan fingerprint density at radius 3 is 2.46 bits per heavy atom. The van der Waals surface area contributed by atoms with Crippen LogP contribution in [0.3, 0.4) is 0 Å². The first-order valence-electron chi connectivity index (χ1n) is 4.40. The van der Waals surface area contributed by atoms with Gasteiger partial charge in [0.2, 0.25) is 0 Å². The highest BCUT2D eigenvalue weighted by Gasteiger charge is 2.07. The first kappa shape index (κ1) is 9.71. The van der Waals surface area contributed by atoms with Gasteiger partial charge in [0.05, 0.1) is 0 Å². The fourth-order valence-corrected chi connectivity index (χ4v) is 1.29. The van der Waals surface area contributed by atoms with E-state index in [1.54, 1.807) is 12.3 Å². The summed E-state index contributed by atoms with van der Waals surface area (Å²) < 4.78 is 0. The smallest absolute Gasteiger partial charge is 0.354 e. The van der Waals surface area contributed by atoms with E-state index in [0.29, 0.717) is 0 Å². The molecule has 1 aromatic heterocycles. The molecule has 3 nitrogen and oxygen atoms in total. The lowest BCUT2D eigenvalue weighted by atomic mass is 10.0. The van der Waals surface area contributed by atoms with Gasteiger partial charge in [0.1, 0.15) is 5.69 Å². The van der Waals surface area contributed by atoms with E-state index in [4.69, 9.17) is 5.11 Å². The average Bonchev–Trinajstić information content (AvgIpc) is 2.16. The molecule has 0 aliphatic heterocycles. The minimum absolute atomic E-state index is 0.133. The van der Waals surface area contributed by atoms with E-state index in [9.17, 15) is 4.79 Å². The summed E-state index contributed by atoms with van der Waals surface area (Å²) in [6.07, 6.45) is 3.41. The Kier molecular flexibility index (Phi) is 3.01. The Hall–Kier alpha value is -1.38. The van der Waals surface area contributed by atoms with Gasteiger partial charge < -0.3 is 5.11 Å². The van der Waals surface area contributed by atoms with Crippen LogP contribution in [-0.4, -0.2) is 16.1 Å². The van der Waals surface area contributed by atoms with Crippen LogP contribution in [0.25, 0.3) is 0 Å². The number of aromatic nitrogens is 1. The minimum Gasteiger partial charge on any atom is -0.477 e. The van der Waals surface area contributed by atoms with E-state index in [1.807, 2.05) is 13.8 Å². The SMILES string of the molecule is CCc1cnc(C(=O)O)cc1CC. The second-order valence-electron chi connectivity index (χ2n) is 2.85. The molecule has 0 unspecified atom stereocenters. The third-order valence-electron chi connectivity index (χ3n) is 2.06. The molecular formula is C10H13NO2. The Balaban J connectivity index is 3.13. The maximum atomic E-state index is 10.6. The average molecular weight is 179 g/mol. The molecule has 70 valence electrons. The zero-order valence-electron chi connectivity index (χ0n) is 7.87. The normalized spacial score (nSPS) is 10.0. The molecule has 0 bridgehead atoms. The maximum Gasteiger partial charge on any atom is 0.354 e. The molecule has 1 N–H and O–H groups in total. The quantitative estimate of drug-likeness (QED) is 0.771. The van der Waals surface area contributed by atoms with Crippen molar-refractivity contribution in [2.75, 3.05) is 0 Å². The van der Waals surface area contributed by atoms with Crippen LogP contribution < -0.4 is 0 Å². The number of hydrogen-bond acceptors (Lipinski definition) is 2. The number of pyridine rings is 1. The molecule has 0 fully saturated rings. The van der Waals surface area contributed by atoms with Crippen LogP contribution in [0.4, 0.5) is 0 Å². The molecule has 0 saturated heterocycles. The zero-order valence-corrected chi connectivity index (χ0v) is 7.87. The molecule has 13 heavy (non-hydrogen) atoms. The summed E-state index contributed by atoms with van der Waals surface area (Å²) in [5.74, 6) is -0.961. The predicted molar refractivity (Wildman–Crippen MR) is 50.0 cm³/mol. The van der Waals surface area contributed by atoms with Crippen molar-refractivity contribution in [3.8, 4) is 0 Å². The third kappa shape index (κ3) is 2.05. The molecule has 0 radical (unpaired) electrons. The zero-order chi connectivity index (χ0) is 9.84. The highest BCUT2D eigenvalue weighted by Crippen LogP contribution is 2.10. The van der Waals surface area contributed by atoms with E-state index in [1.165, 1.54) is 0 Å². The van der Waals surface area contributed by atoms with Crippen LogP contribution in [0.5, 0.6) is 0 Å². The lowest BCUT2D eigenvalue weighted by molar-refractivity contribution is 0.0690. The lowest BCUT2D eigenvalue weighted by Gasteiger charge is -2.04. The molecule has 0 saturated carbocycles. The molecule has 0 atom stereocenters. The Bertz CT molecular complexity index is 321. The molecule has 0 aliphatic carbocycles. The molecule has 0 amide bonds. The van der Waals surface area contributed by atoms with E-state index in [2.05, 4.69) is 4.98 Å². The van der Waals surface area contributed by atoms with E-state index < -0.39 is 5.97 Å². The molecule has 0 aromatic carbocycles. The lowest BCUT2D eigenvalue weighted by Crippen LogP contribution is -2.03. The monoisotopic (exact) mass is 179 g/mol. The Morgan fingerprint density at radius 1 is 1.38 bits per heavy atom. The number of carboxylic acids is 1. The summed E-state index contributed by atoms with van der Waals surface area (Å²) in [7, 11) is 0. The van der Waals surface area contributed by atoms with Crippen LogP contribution >= 0.6 is 0 Å². The van der Waals surface area contributed by atoms with E-state index in [0.717, 1.165) is 24.0 Å². The summed E-state index contributed by atoms with van der Waals surface area (Å²) in [6, 6.07) is 1.65. The van der Waals surface area contributed by atoms with Gasteiger partial charge in [-0.3, -0.25) is 0 Å². The van der Waals surface area contributed by atoms with Gasteiger partial charge in [-0.2, -0.15) is 0 Å². The number of carbonyl (C=O) groups is 1. The van der Waals surface area contributed by atoms with E-state index >= 15 is 0 Å². The first-order chi connectivity index (χ1) is 6.19. The molecule has 1 heterocycles. The van der Waals surface area contributed by atoms with Gasteiger partial charge in [-0.05, 0) is 30.0 Å². The Labute approximate surface area is 77.4 Å². The maximum absolute atomic E-state index is 10.6. The second-order valence-corrected chi connectivity index (χ2v) is 2.85. The number of nitrogens with zero attached hydrogens (tertiary/aromatic N) is 1. The number of carboxylic acid groups (broad SMARTS) is 1. The molecule has 0 spiro atoms. The highest BCUT2D eigenvalue weighted by molar-refractivity contribution is 5.85. The number of rotatable bonds is 3. The second kappa shape index (κ2) is 4.03. The van der Waals surface area contributed by atoms with Crippen LogP contribution in [0.1, 0.15) is 35.5 Å². The molecule has 1 aromatic rings. The van der Waals surface area contributed by atoms with Crippen molar-refractivity contribution in [2.45, 2.75) is 26.7 Å². The van der Waals surface area contributed by atoms with Crippen molar-refractivity contribution in [1.29, 1.82) is 0 Å². The summed E-state index contributed by atoms with van der Waals surface area (Å²) in [6.45, 7) is 4.05. The molecule has 3 heteroatoms. The summed E-state index contributed by atoms with van der Waals surface area (Å²) in [5, 5.41) is 8.71. The molecule has 1 rings (SSSR count). The third-order valence-corrected chi connectivity index (χ3v) is 2.06. The van der Waals surface area contributed by atoms with Crippen molar-refractivity contribution in [2.24, 2.45) is 0 Å². The van der Waals surface area contributed by atoms with Crippen molar-refractivity contribution in [1.82, 2.24) is 4.98 Å². The van der Waals surface area contributed by atoms with Gasteiger partial charge in [-0.15, -0.1) is 0 Å². The van der Waals surface area contributed by atoms with Crippen LogP contribution in [-0.2, 0) is 12.8 Å². The van der Waals surface area contributed by atoms with Gasteiger partial charge in [0, 0.05) is 6.20 Å². The molecule has 0 aliphatic rings. The van der Waals surface area contributed by atoms with Crippen molar-refractivity contribution >= 4 is 5.97 Å².